The molecule has 4 N–H and O–H groups in total. The summed E-state index contributed by atoms with van der Waals surface area (Å²) in [7, 11) is 0. The van der Waals surface area contributed by atoms with Crippen LogP contribution in [0.25, 0.3) is 0 Å². The molecule has 2 aromatic carbocycles. The van der Waals surface area contributed by atoms with Crippen molar-refractivity contribution in [1.82, 2.24) is 0 Å². The summed E-state index contributed by atoms with van der Waals surface area (Å²) in [5.41, 5.74) is 8.39. The van der Waals surface area contributed by atoms with E-state index >= 15 is 0 Å². The summed E-state index contributed by atoms with van der Waals surface area (Å²) in [5.74, 6) is 0.0995. The topological polar surface area (TPSA) is 61.9 Å². The predicted molar refractivity (Wildman–Crippen MR) is 78.9 cm³/mol. The average molecular weight is 304 g/mol. The van der Waals surface area contributed by atoms with Crippen LogP contribution in [0.15, 0.2) is 53.0 Å². The number of amidine groups is 1. The minimum atomic E-state index is 0.0995. The highest BCUT2D eigenvalue weighted by Gasteiger charge is 1.97. The SMILES string of the molecule is N=C(N)c1ccc(CNc2ccc(Br)cc2)cc1. The molecule has 0 unspecified atom stereocenters. The number of halogens is 1. The lowest BCUT2D eigenvalue weighted by atomic mass is 10.1. The normalized spacial score (nSPS) is 10.1. The quantitative estimate of drug-likeness (QED) is 0.599. The number of benzene rings is 2. The van der Waals surface area contributed by atoms with E-state index in [1.165, 1.54) is 0 Å². The Morgan fingerprint density at radius 3 is 2.22 bits per heavy atom. The minimum absolute atomic E-state index is 0.0995. The van der Waals surface area contributed by atoms with Crippen LogP contribution in [-0.2, 0) is 6.54 Å². The molecule has 0 saturated carbocycles. The third kappa shape index (κ3) is 3.34. The Hall–Kier alpha value is -1.81. The summed E-state index contributed by atoms with van der Waals surface area (Å²) in [5, 5.41) is 10.7. The van der Waals surface area contributed by atoms with Crippen molar-refractivity contribution in [3.05, 3.63) is 64.1 Å². The van der Waals surface area contributed by atoms with Crippen molar-refractivity contribution in [3.8, 4) is 0 Å². The Morgan fingerprint density at radius 1 is 1.06 bits per heavy atom. The molecular formula is C14H14BrN3. The Kier molecular flexibility index (Phi) is 3.99. The van der Waals surface area contributed by atoms with Crippen LogP contribution in [0.2, 0.25) is 0 Å². The fourth-order valence-electron chi connectivity index (χ4n) is 1.57. The molecule has 0 atom stereocenters. The zero-order valence-corrected chi connectivity index (χ0v) is 11.4. The minimum Gasteiger partial charge on any atom is -0.384 e. The van der Waals surface area contributed by atoms with Crippen LogP contribution in [0.5, 0.6) is 0 Å². The molecule has 0 spiro atoms. The maximum atomic E-state index is 7.32. The van der Waals surface area contributed by atoms with Gasteiger partial charge in [-0.05, 0) is 29.8 Å². The molecule has 2 aromatic rings. The van der Waals surface area contributed by atoms with E-state index < -0.39 is 0 Å². The summed E-state index contributed by atoms with van der Waals surface area (Å²) in [4.78, 5) is 0. The maximum Gasteiger partial charge on any atom is 0.122 e. The third-order valence-electron chi connectivity index (χ3n) is 2.61. The molecule has 2 rings (SSSR count). The van der Waals surface area contributed by atoms with Crippen molar-refractivity contribution in [3.63, 3.8) is 0 Å². The van der Waals surface area contributed by atoms with Gasteiger partial charge in [-0.15, -0.1) is 0 Å². The van der Waals surface area contributed by atoms with Crippen molar-refractivity contribution < 1.29 is 0 Å². The van der Waals surface area contributed by atoms with Gasteiger partial charge >= 0.3 is 0 Å². The average Bonchev–Trinajstić information content (AvgIpc) is 2.38. The second kappa shape index (κ2) is 5.69. The molecule has 0 amide bonds. The van der Waals surface area contributed by atoms with E-state index in [0.29, 0.717) is 0 Å². The smallest absolute Gasteiger partial charge is 0.122 e. The molecule has 18 heavy (non-hydrogen) atoms. The van der Waals surface area contributed by atoms with Gasteiger partial charge in [0.05, 0.1) is 0 Å². The fraction of sp³-hybridized carbons (Fsp3) is 0.0714. The Bertz CT molecular complexity index is 532. The van der Waals surface area contributed by atoms with Crippen LogP contribution < -0.4 is 11.1 Å². The van der Waals surface area contributed by atoms with Gasteiger partial charge in [0, 0.05) is 22.3 Å². The van der Waals surface area contributed by atoms with E-state index in [-0.39, 0.29) is 5.84 Å². The van der Waals surface area contributed by atoms with E-state index in [1.807, 2.05) is 48.5 Å². The van der Waals surface area contributed by atoms with Gasteiger partial charge in [0.2, 0.25) is 0 Å². The first kappa shape index (κ1) is 12.6. The molecule has 0 heterocycles. The maximum absolute atomic E-state index is 7.32. The van der Waals surface area contributed by atoms with Gasteiger partial charge in [-0.3, -0.25) is 5.41 Å². The monoisotopic (exact) mass is 303 g/mol. The van der Waals surface area contributed by atoms with Crippen LogP contribution in [0, 0.1) is 5.41 Å². The number of nitrogens with two attached hydrogens (primary N) is 1. The summed E-state index contributed by atoms with van der Waals surface area (Å²) in [6.07, 6.45) is 0. The largest absolute Gasteiger partial charge is 0.384 e. The number of nitrogen functional groups attached to an aromatic ring is 1. The number of hydrogen-bond acceptors (Lipinski definition) is 2. The van der Waals surface area contributed by atoms with Gasteiger partial charge in [0.1, 0.15) is 5.84 Å². The number of rotatable bonds is 4. The lowest BCUT2D eigenvalue weighted by molar-refractivity contribution is 1.15. The van der Waals surface area contributed by atoms with Crippen LogP contribution in [0.4, 0.5) is 5.69 Å². The highest BCUT2D eigenvalue weighted by Crippen LogP contribution is 2.15. The molecule has 0 aliphatic carbocycles. The van der Waals surface area contributed by atoms with E-state index in [4.69, 9.17) is 11.1 Å². The highest BCUT2D eigenvalue weighted by molar-refractivity contribution is 9.10. The molecule has 0 fully saturated rings. The summed E-state index contributed by atoms with van der Waals surface area (Å²) in [6.45, 7) is 0.750. The van der Waals surface area contributed by atoms with E-state index in [2.05, 4.69) is 21.2 Å². The van der Waals surface area contributed by atoms with Gasteiger partial charge in [-0.2, -0.15) is 0 Å². The van der Waals surface area contributed by atoms with Crippen molar-refractivity contribution in [2.45, 2.75) is 6.54 Å². The van der Waals surface area contributed by atoms with E-state index in [0.717, 1.165) is 27.8 Å². The summed E-state index contributed by atoms with van der Waals surface area (Å²) >= 11 is 3.40. The second-order valence-electron chi connectivity index (χ2n) is 3.97. The van der Waals surface area contributed by atoms with Crippen LogP contribution in [-0.4, -0.2) is 5.84 Å². The van der Waals surface area contributed by atoms with Gasteiger partial charge < -0.3 is 11.1 Å². The Labute approximate surface area is 115 Å². The Morgan fingerprint density at radius 2 is 1.67 bits per heavy atom. The van der Waals surface area contributed by atoms with Gasteiger partial charge in [0.15, 0.2) is 0 Å². The molecule has 0 aromatic heterocycles. The first-order chi connectivity index (χ1) is 8.65. The Balaban J connectivity index is 1.97. The number of hydrogen-bond donors (Lipinski definition) is 3. The molecular weight excluding hydrogens is 290 g/mol. The lowest BCUT2D eigenvalue weighted by Gasteiger charge is -2.07. The van der Waals surface area contributed by atoms with E-state index in [9.17, 15) is 0 Å². The van der Waals surface area contributed by atoms with Crippen molar-refractivity contribution in [1.29, 1.82) is 5.41 Å². The lowest BCUT2D eigenvalue weighted by Crippen LogP contribution is -2.10. The predicted octanol–water partition coefficient (Wildman–Crippen LogP) is 3.35. The first-order valence-corrected chi connectivity index (χ1v) is 6.37. The number of anilines is 1. The highest BCUT2D eigenvalue weighted by atomic mass is 79.9. The molecule has 0 aliphatic heterocycles. The van der Waals surface area contributed by atoms with Crippen LogP contribution in [0.3, 0.4) is 0 Å². The third-order valence-corrected chi connectivity index (χ3v) is 3.13. The van der Waals surface area contributed by atoms with E-state index in [1.54, 1.807) is 0 Å². The van der Waals surface area contributed by atoms with Crippen LogP contribution >= 0.6 is 15.9 Å². The van der Waals surface area contributed by atoms with Crippen molar-refractivity contribution >= 4 is 27.5 Å². The first-order valence-electron chi connectivity index (χ1n) is 5.58. The molecule has 92 valence electrons. The van der Waals surface area contributed by atoms with Crippen molar-refractivity contribution in [2.24, 2.45) is 5.73 Å². The van der Waals surface area contributed by atoms with Crippen molar-refractivity contribution in [2.75, 3.05) is 5.32 Å². The molecule has 0 bridgehead atoms. The second-order valence-corrected chi connectivity index (χ2v) is 4.89. The molecule has 0 aliphatic rings. The molecule has 4 heteroatoms. The summed E-state index contributed by atoms with van der Waals surface area (Å²) < 4.78 is 1.07. The zero-order valence-electron chi connectivity index (χ0n) is 9.78. The summed E-state index contributed by atoms with van der Waals surface area (Å²) in [6, 6.07) is 15.7. The molecule has 3 nitrogen and oxygen atoms in total. The van der Waals surface area contributed by atoms with Gasteiger partial charge in [-0.25, -0.2) is 0 Å². The standard InChI is InChI=1S/C14H14BrN3/c15-12-5-7-13(8-6-12)18-9-10-1-3-11(4-2-10)14(16)17/h1-8,18H,9H2,(H3,16,17). The van der Waals surface area contributed by atoms with Gasteiger partial charge in [0.25, 0.3) is 0 Å². The zero-order chi connectivity index (χ0) is 13.0. The fourth-order valence-corrected chi connectivity index (χ4v) is 1.84. The molecule has 0 radical (unpaired) electrons. The molecule has 0 saturated heterocycles. The number of nitrogens with one attached hydrogen (secondary N) is 2. The van der Waals surface area contributed by atoms with Crippen LogP contribution in [0.1, 0.15) is 11.1 Å². The van der Waals surface area contributed by atoms with Gasteiger partial charge in [-0.1, -0.05) is 40.2 Å².